The first-order valence-corrected chi connectivity index (χ1v) is 7.14. The summed E-state index contributed by atoms with van der Waals surface area (Å²) in [6.45, 7) is 7.82. The Morgan fingerprint density at radius 2 is 1.33 bits per heavy atom. The fraction of sp³-hybridized carbons (Fsp3) is 0.222. The summed E-state index contributed by atoms with van der Waals surface area (Å²) in [6.07, 6.45) is 0. The number of carbonyl (C=O) groups excluding carboxylic acids is 2. The van der Waals surface area contributed by atoms with Crippen molar-refractivity contribution in [3.63, 3.8) is 0 Å². The third kappa shape index (κ3) is 2.64. The maximum Gasteiger partial charge on any atom is 0.293 e. The third-order valence-corrected chi connectivity index (χ3v) is 4.33. The van der Waals surface area contributed by atoms with E-state index in [1.807, 2.05) is 58.0 Å². The molecular weight excluding hydrogens is 284 g/mol. The van der Waals surface area contributed by atoms with E-state index in [4.69, 9.17) is 11.6 Å². The van der Waals surface area contributed by atoms with Crippen LogP contribution in [-0.2, 0) is 4.79 Å². The zero-order valence-electron chi connectivity index (χ0n) is 12.6. The number of hydrogen-bond acceptors (Lipinski definition) is 2. The maximum atomic E-state index is 12.3. The van der Waals surface area contributed by atoms with Crippen LogP contribution in [0.4, 0.5) is 0 Å². The quantitative estimate of drug-likeness (QED) is 0.474. The predicted molar refractivity (Wildman–Crippen MR) is 86.0 cm³/mol. The average Bonchev–Trinajstić information content (AvgIpc) is 2.48. The van der Waals surface area contributed by atoms with Gasteiger partial charge in [-0.3, -0.25) is 9.59 Å². The highest BCUT2D eigenvalue weighted by atomic mass is 35.5. The summed E-state index contributed by atoms with van der Waals surface area (Å²) in [5.74, 6) is -0.640. The largest absolute Gasteiger partial charge is 0.293 e. The highest BCUT2D eigenvalue weighted by molar-refractivity contribution is 6.83. The molecule has 0 atom stereocenters. The van der Waals surface area contributed by atoms with E-state index in [-0.39, 0.29) is 0 Å². The Morgan fingerprint density at radius 1 is 0.810 bits per heavy atom. The maximum absolute atomic E-state index is 12.3. The third-order valence-electron chi connectivity index (χ3n) is 4.16. The van der Waals surface area contributed by atoms with Crippen LogP contribution in [0, 0.1) is 27.7 Å². The van der Waals surface area contributed by atoms with E-state index in [0.29, 0.717) is 5.56 Å². The van der Waals surface area contributed by atoms with E-state index >= 15 is 0 Å². The normalized spacial score (nSPS) is 10.5. The molecule has 0 aliphatic carbocycles. The van der Waals surface area contributed by atoms with Gasteiger partial charge in [-0.25, -0.2) is 0 Å². The first-order valence-electron chi connectivity index (χ1n) is 6.76. The van der Waals surface area contributed by atoms with Crippen LogP contribution < -0.4 is 0 Å². The molecule has 0 radical (unpaired) electrons. The molecule has 0 amide bonds. The molecule has 0 unspecified atom stereocenters. The SMILES string of the molecule is Cc1c(C)c(C)c(-c2ccccc2)c(C(=O)C(=O)Cl)c1C. The van der Waals surface area contributed by atoms with Gasteiger partial charge in [0.1, 0.15) is 0 Å². The van der Waals surface area contributed by atoms with Crippen LogP contribution in [-0.4, -0.2) is 11.0 Å². The number of halogens is 1. The smallest absolute Gasteiger partial charge is 0.284 e. The highest BCUT2D eigenvalue weighted by Crippen LogP contribution is 2.35. The molecule has 0 spiro atoms. The van der Waals surface area contributed by atoms with Crippen LogP contribution in [0.1, 0.15) is 32.6 Å². The van der Waals surface area contributed by atoms with E-state index in [0.717, 1.165) is 33.4 Å². The van der Waals surface area contributed by atoms with Gasteiger partial charge in [0.05, 0.1) is 0 Å². The number of ketones is 1. The Kier molecular flexibility index (Phi) is 4.29. The van der Waals surface area contributed by atoms with Gasteiger partial charge in [-0.05, 0) is 72.7 Å². The highest BCUT2D eigenvalue weighted by Gasteiger charge is 2.24. The number of rotatable bonds is 3. The summed E-state index contributed by atoms with van der Waals surface area (Å²) in [6, 6.07) is 9.62. The van der Waals surface area contributed by atoms with Gasteiger partial charge < -0.3 is 0 Å². The van der Waals surface area contributed by atoms with Crippen LogP contribution in [0.15, 0.2) is 30.3 Å². The second kappa shape index (κ2) is 5.82. The number of benzene rings is 2. The topological polar surface area (TPSA) is 34.1 Å². The molecular formula is C18H17ClO2. The van der Waals surface area contributed by atoms with Crippen molar-refractivity contribution in [1.29, 1.82) is 0 Å². The molecule has 2 aromatic rings. The van der Waals surface area contributed by atoms with Gasteiger partial charge in [0.15, 0.2) is 0 Å². The Morgan fingerprint density at radius 3 is 1.86 bits per heavy atom. The summed E-state index contributed by atoms with van der Waals surface area (Å²) in [5, 5.41) is -0.946. The minimum absolute atomic E-state index is 0.418. The molecule has 0 fully saturated rings. The van der Waals surface area contributed by atoms with Gasteiger partial charge in [-0.15, -0.1) is 0 Å². The standard InChI is InChI=1S/C18H17ClO2/c1-10-11(2)13(4)16(17(20)18(19)21)15(12(10)3)14-8-6-5-7-9-14/h5-9H,1-4H3. The first kappa shape index (κ1) is 15.5. The second-order valence-electron chi connectivity index (χ2n) is 5.22. The van der Waals surface area contributed by atoms with Gasteiger partial charge in [0, 0.05) is 5.56 Å². The van der Waals surface area contributed by atoms with Crippen molar-refractivity contribution < 1.29 is 9.59 Å². The molecule has 0 saturated carbocycles. The zero-order valence-corrected chi connectivity index (χ0v) is 13.3. The van der Waals surface area contributed by atoms with Crippen molar-refractivity contribution in [2.45, 2.75) is 27.7 Å². The van der Waals surface area contributed by atoms with Gasteiger partial charge >= 0.3 is 0 Å². The van der Waals surface area contributed by atoms with Gasteiger partial charge in [0.25, 0.3) is 5.24 Å². The number of hydrogen-bond donors (Lipinski definition) is 0. The lowest BCUT2D eigenvalue weighted by Gasteiger charge is -2.19. The van der Waals surface area contributed by atoms with E-state index in [9.17, 15) is 9.59 Å². The van der Waals surface area contributed by atoms with E-state index in [2.05, 4.69) is 0 Å². The van der Waals surface area contributed by atoms with E-state index in [1.54, 1.807) is 0 Å². The average molecular weight is 301 g/mol. The first-order chi connectivity index (χ1) is 9.86. The van der Waals surface area contributed by atoms with Crippen LogP contribution in [0.5, 0.6) is 0 Å². The van der Waals surface area contributed by atoms with Gasteiger partial charge in [-0.1, -0.05) is 30.3 Å². The van der Waals surface area contributed by atoms with Crippen molar-refractivity contribution in [3.05, 3.63) is 58.1 Å². The molecule has 0 aliphatic heterocycles. The molecule has 108 valence electrons. The Bertz CT molecular complexity index is 731. The zero-order chi connectivity index (χ0) is 15.7. The van der Waals surface area contributed by atoms with Crippen LogP contribution in [0.25, 0.3) is 11.1 Å². The Hall–Kier alpha value is -1.93. The second-order valence-corrected chi connectivity index (χ2v) is 5.56. The molecule has 2 aromatic carbocycles. The van der Waals surface area contributed by atoms with E-state index < -0.39 is 11.0 Å². The molecule has 2 nitrogen and oxygen atoms in total. The van der Waals surface area contributed by atoms with Crippen LogP contribution >= 0.6 is 11.6 Å². The van der Waals surface area contributed by atoms with Crippen LogP contribution in [0.2, 0.25) is 0 Å². The van der Waals surface area contributed by atoms with Gasteiger partial charge in [0.2, 0.25) is 5.78 Å². The number of Topliss-reactive ketones (excluding diaryl/α,β-unsaturated/α-hetero) is 1. The lowest BCUT2D eigenvalue weighted by Crippen LogP contribution is -2.14. The lowest BCUT2D eigenvalue weighted by molar-refractivity contribution is -0.108. The monoisotopic (exact) mass is 300 g/mol. The molecule has 0 aliphatic rings. The van der Waals surface area contributed by atoms with Crippen LogP contribution in [0.3, 0.4) is 0 Å². The summed E-state index contributed by atoms with van der Waals surface area (Å²) in [4.78, 5) is 23.7. The fourth-order valence-corrected chi connectivity index (χ4v) is 2.75. The number of carbonyl (C=O) groups is 2. The molecule has 0 heterocycles. The van der Waals surface area contributed by atoms with Crippen molar-refractivity contribution in [2.75, 3.05) is 0 Å². The lowest BCUT2D eigenvalue weighted by atomic mass is 9.84. The molecule has 0 aromatic heterocycles. The summed E-state index contributed by atoms with van der Waals surface area (Å²) in [5.41, 5.74) is 6.11. The van der Waals surface area contributed by atoms with Crippen molar-refractivity contribution in [1.82, 2.24) is 0 Å². The predicted octanol–water partition coefficient (Wildman–Crippen LogP) is 4.54. The Labute approximate surface area is 129 Å². The van der Waals surface area contributed by atoms with Crippen molar-refractivity contribution in [3.8, 4) is 11.1 Å². The summed E-state index contributed by atoms with van der Waals surface area (Å²) < 4.78 is 0. The summed E-state index contributed by atoms with van der Waals surface area (Å²) in [7, 11) is 0. The van der Waals surface area contributed by atoms with Crippen molar-refractivity contribution in [2.24, 2.45) is 0 Å². The fourth-order valence-electron chi connectivity index (χ4n) is 2.66. The van der Waals surface area contributed by atoms with Gasteiger partial charge in [-0.2, -0.15) is 0 Å². The minimum Gasteiger partial charge on any atom is -0.284 e. The minimum atomic E-state index is -0.946. The van der Waals surface area contributed by atoms with E-state index in [1.165, 1.54) is 0 Å². The molecule has 21 heavy (non-hydrogen) atoms. The molecule has 0 bridgehead atoms. The Balaban J connectivity index is 2.91. The molecule has 3 heteroatoms. The molecule has 0 N–H and O–H groups in total. The van der Waals surface area contributed by atoms with Crippen molar-refractivity contribution >= 4 is 22.6 Å². The summed E-state index contributed by atoms with van der Waals surface area (Å²) >= 11 is 5.45. The molecule has 0 saturated heterocycles. The molecule has 2 rings (SSSR count).